The fourth-order valence-electron chi connectivity index (χ4n) is 3.71. The number of carbonyl (C=O) groups is 1. The Labute approximate surface area is 204 Å². The van der Waals surface area contributed by atoms with Crippen LogP contribution in [0.1, 0.15) is 19.4 Å². The van der Waals surface area contributed by atoms with Crippen LogP contribution in [-0.4, -0.2) is 61.2 Å². The van der Waals surface area contributed by atoms with E-state index in [1.54, 1.807) is 61.6 Å². The van der Waals surface area contributed by atoms with Gasteiger partial charge in [-0.3, -0.25) is 4.79 Å². The third-order valence-corrected chi connectivity index (χ3v) is 6.10. The van der Waals surface area contributed by atoms with E-state index in [0.717, 1.165) is 18.5 Å². The maximum Gasteiger partial charge on any atom is 0.322 e. The first-order valence-corrected chi connectivity index (χ1v) is 11.6. The van der Waals surface area contributed by atoms with E-state index in [0.29, 0.717) is 46.4 Å². The number of nitrogens with one attached hydrogen (secondary N) is 2. The van der Waals surface area contributed by atoms with Crippen LogP contribution >= 0.6 is 11.6 Å². The van der Waals surface area contributed by atoms with Crippen LogP contribution in [0.25, 0.3) is 10.9 Å². The number of fused-ring (bicyclic) bond motifs is 1. The summed E-state index contributed by atoms with van der Waals surface area (Å²) in [6.45, 7) is 7.15. The number of amides is 2. The van der Waals surface area contributed by atoms with Crippen LogP contribution < -0.4 is 20.3 Å². The molecule has 9 heteroatoms. The van der Waals surface area contributed by atoms with Crippen molar-refractivity contribution in [3.8, 4) is 11.5 Å². The van der Waals surface area contributed by atoms with Crippen LogP contribution in [0.5, 0.6) is 11.5 Å². The quantitative estimate of drug-likeness (QED) is 0.438. The number of ether oxygens (including phenoxy) is 2. The molecule has 0 bridgehead atoms. The lowest BCUT2D eigenvalue weighted by atomic mass is 10.1. The minimum atomic E-state index is -0.327. The molecular formula is C25H31ClN4O4. The lowest BCUT2D eigenvalue weighted by Gasteiger charge is -2.27. The van der Waals surface area contributed by atoms with Gasteiger partial charge in [0.25, 0.3) is 5.56 Å². The first kappa shape index (κ1) is 25.4. The number of pyridine rings is 1. The third kappa shape index (κ3) is 6.01. The molecule has 2 aromatic carbocycles. The molecule has 182 valence electrons. The van der Waals surface area contributed by atoms with Gasteiger partial charge in [0.05, 0.1) is 37.0 Å². The fourth-order valence-corrected chi connectivity index (χ4v) is 3.90. The number of benzene rings is 2. The molecule has 2 amide bonds. The number of halogens is 1. The standard InChI is InChI=1S/C25H31ClN4O4/c1-5-29(6-2)11-12-30(25(32)28-20-10-8-7-9-19(20)26)16-18-13-17-14-22(33-3)23(34-4)15-21(17)27-24(18)31/h7-10,13-15H,5-6,11-12,16H2,1-4H3,(H,27,31)(H,28,32). The molecule has 34 heavy (non-hydrogen) atoms. The molecular weight excluding hydrogens is 456 g/mol. The fraction of sp³-hybridized carbons (Fsp3) is 0.360. The van der Waals surface area contributed by atoms with Crippen molar-refractivity contribution in [2.45, 2.75) is 20.4 Å². The molecule has 0 saturated heterocycles. The van der Waals surface area contributed by atoms with Crippen molar-refractivity contribution in [2.24, 2.45) is 0 Å². The highest BCUT2D eigenvalue weighted by Crippen LogP contribution is 2.31. The van der Waals surface area contributed by atoms with E-state index < -0.39 is 0 Å². The van der Waals surface area contributed by atoms with Gasteiger partial charge in [-0.2, -0.15) is 0 Å². The van der Waals surface area contributed by atoms with E-state index in [1.807, 2.05) is 0 Å². The summed E-state index contributed by atoms with van der Waals surface area (Å²) in [5, 5.41) is 4.10. The molecule has 8 nitrogen and oxygen atoms in total. The molecule has 0 aliphatic carbocycles. The number of H-pyrrole nitrogens is 1. The zero-order valence-electron chi connectivity index (χ0n) is 20.0. The lowest BCUT2D eigenvalue weighted by molar-refractivity contribution is 0.194. The molecule has 0 aliphatic rings. The van der Waals surface area contributed by atoms with Crippen molar-refractivity contribution in [3.05, 3.63) is 63.4 Å². The van der Waals surface area contributed by atoms with Crippen molar-refractivity contribution in [3.63, 3.8) is 0 Å². The smallest absolute Gasteiger partial charge is 0.322 e. The van der Waals surface area contributed by atoms with Gasteiger partial charge in [-0.15, -0.1) is 0 Å². The topological polar surface area (TPSA) is 86.9 Å². The Hall–Kier alpha value is -3.23. The van der Waals surface area contributed by atoms with Crippen molar-refractivity contribution in [1.29, 1.82) is 0 Å². The molecule has 3 rings (SSSR count). The molecule has 1 heterocycles. The molecule has 0 aliphatic heterocycles. The summed E-state index contributed by atoms with van der Waals surface area (Å²) >= 11 is 6.23. The van der Waals surface area contributed by atoms with E-state index in [9.17, 15) is 9.59 Å². The van der Waals surface area contributed by atoms with Crippen molar-refractivity contribution in [2.75, 3.05) is 45.7 Å². The van der Waals surface area contributed by atoms with Crippen LogP contribution in [0.2, 0.25) is 5.02 Å². The van der Waals surface area contributed by atoms with Gasteiger partial charge >= 0.3 is 6.03 Å². The van der Waals surface area contributed by atoms with Crippen molar-refractivity contribution in [1.82, 2.24) is 14.8 Å². The van der Waals surface area contributed by atoms with E-state index in [2.05, 4.69) is 29.0 Å². The molecule has 3 aromatic rings. The van der Waals surface area contributed by atoms with Gasteiger partial charge in [0.2, 0.25) is 0 Å². The summed E-state index contributed by atoms with van der Waals surface area (Å²) in [4.78, 5) is 32.8. The van der Waals surface area contributed by atoms with Crippen LogP contribution in [-0.2, 0) is 6.54 Å². The molecule has 0 unspecified atom stereocenters. The number of carbonyl (C=O) groups excluding carboxylic acids is 1. The van der Waals surface area contributed by atoms with Gasteiger partial charge in [-0.05, 0) is 37.4 Å². The number of rotatable bonds is 10. The van der Waals surface area contributed by atoms with Gasteiger partial charge < -0.3 is 29.6 Å². The van der Waals surface area contributed by atoms with Crippen LogP contribution in [0.15, 0.2) is 47.3 Å². The number of likely N-dealkylation sites (N-methyl/N-ethyl adjacent to an activating group) is 1. The average molecular weight is 487 g/mol. The third-order valence-electron chi connectivity index (χ3n) is 5.77. The maximum absolute atomic E-state index is 13.2. The summed E-state index contributed by atoms with van der Waals surface area (Å²) in [5.74, 6) is 1.08. The summed E-state index contributed by atoms with van der Waals surface area (Å²) in [7, 11) is 3.10. The Morgan fingerprint density at radius 3 is 2.35 bits per heavy atom. The highest BCUT2D eigenvalue weighted by atomic mass is 35.5. The number of nitrogens with zero attached hydrogens (tertiary/aromatic N) is 2. The summed E-state index contributed by atoms with van der Waals surface area (Å²) < 4.78 is 10.7. The zero-order chi connectivity index (χ0) is 24.7. The second kappa shape index (κ2) is 11.8. The number of para-hydroxylation sites is 1. The number of anilines is 1. The van der Waals surface area contributed by atoms with Gasteiger partial charge in [0.15, 0.2) is 11.5 Å². The van der Waals surface area contributed by atoms with Crippen molar-refractivity contribution >= 4 is 34.2 Å². The number of hydrogen-bond donors (Lipinski definition) is 2. The second-order valence-corrected chi connectivity index (χ2v) is 8.18. The molecule has 0 saturated carbocycles. The number of urea groups is 1. The first-order valence-electron chi connectivity index (χ1n) is 11.2. The minimum Gasteiger partial charge on any atom is -0.493 e. The first-order chi connectivity index (χ1) is 16.4. The molecule has 1 aromatic heterocycles. The maximum atomic E-state index is 13.2. The summed E-state index contributed by atoms with van der Waals surface area (Å²) in [6, 6.07) is 12.0. The van der Waals surface area contributed by atoms with Crippen LogP contribution in [0.4, 0.5) is 10.5 Å². The van der Waals surface area contributed by atoms with Gasteiger partial charge in [-0.25, -0.2) is 4.79 Å². The predicted molar refractivity (Wildman–Crippen MR) is 136 cm³/mol. The zero-order valence-corrected chi connectivity index (χ0v) is 20.7. The Kier molecular flexibility index (Phi) is 8.79. The van der Waals surface area contributed by atoms with Gasteiger partial charge in [0, 0.05) is 30.1 Å². The largest absolute Gasteiger partial charge is 0.493 e. The van der Waals surface area contributed by atoms with Crippen LogP contribution in [0.3, 0.4) is 0 Å². The van der Waals surface area contributed by atoms with E-state index >= 15 is 0 Å². The van der Waals surface area contributed by atoms with Gasteiger partial charge in [-0.1, -0.05) is 37.6 Å². The number of methoxy groups -OCH3 is 2. The van der Waals surface area contributed by atoms with E-state index in [1.165, 1.54) is 0 Å². The Morgan fingerprint density at radius 1 is 1.03 bits per heavy atom. The Morgan fingerprint density at radius 2 is 1.71 bits per heavy atom. The summed E-state index contributed by atoms with van der Waals surface area (Å²) in [6.07, 6.45) is 0. The molecule has 0 atom stereocenters. The van der Waals surface area contributed by atoms with Gasteiger partial charge in [0.1, 0.15) is 0 Å². The summed E-state index contributed by atoms with van der Waals surface area (Å²) in [5.41, 5.74) is 1.35. The molecule has 0 radical (unpaired) electrons. The number of aromatic amines is 1. The van der Waals surface area contributed by atoms with E-state index in [-0.39, 0.29) is 18.1 Å². The normalized spacial score (nSPS) is 11.0. The van der Waals surface area contributed by atoms with Crippen molar-refractivity contribution < 1.29 is 14.3 Å². The molecule has 0 fully saturated rings. The minimum absolute atomic E-state index is 0.136. The lowest BCUT2D eigenvalue weighted by Crippen LogP contribution is -2.41. The Balaban J connectivity index is 1.92. The molecule has 0 spiro atoms. The highest BCUT2D eigenvalue weighted by molar-refractivity contribution is 6.33. The molecule has 2 N–H and O–H groups in total. The Bertz CT molecular complexity index is 1190. The monoisotopic (exact) mass is 486 g/mol. The van der Waals surface area contributed by atoms with E-state index in [4.69, 9.17) is 21.1 Å². The predicted octanol–water partition coefficient (Wildman–Crippen LogP) is 4.57. The number of aromatic nitrogens is 1. The highest BCUT2D eigenvalue weighted by Gasteiger charge is 2.19. The SMILES string of the molecule is CCN(CC)CCN(Cc1cc2cc(OC)c(OC)cc2[nH]c1=O)C(=O)Nc1ccccc1Cl. The average Bonchev–Trinajstić information content (AvgIpc) is 2.84. The van der Waals surface area contributed by atoms with Crippen LogP contribution in [0, 0.1) is 0 Å². The number of hydrogen-bond acceptors (Lipinski definition) is 5. The second-order valence-electron chi connectivity index (χ2n) is 7.78.